The molecular formula is C9H14N2O2S. The van der Waals surface area contributed by atoms with Crippen LogP contribution in [0.2, 0.25) is 0 Å². The van der Waals surface area contributed by atoms with Gasteiger partial charge in [0.2, 0.25) is 0 Å². The lowest BCUT2D eigenvalue weighted by Gasteiger charge is -2.18. The monoisotopic (exact) mass is 214 g/mol. The van der Waals surface area contributed by atoms with Gasteiger partial charge in [0, 0.05) is 4.90 Å². The number of hydrogen-bond donors (Lipinski definition) is 0. The van der Waals surface area contributed by atoms with E-state index < -0.39 is 11.7 Å². The molecule has 0 atom stereocenters. The smallest absolute Gasteiger partial charge is 0.435 e. The lowest BCUT2D eigenvalue weighted by molar-refractivity contribution is 0.0514. The van der Waals surface area contributed by atoms with Crippen LogP contribution in [0.5, 0.6) is 0 Å². The van der Waals surface area contributed by atoms with E-state index in [1.54, 1.807) is 12.4 Å². The van der Waals surface area contributed by atoms with E-state index in [2.05, 4.69) is 5.10 Å². The highest BCUT2D eigenvalue weighted by atomic mass is 32.2. The molecule has 14 heavy (non-hydrogen) atoms. The molecule has 1 aromatic heterocycles. The quantitative estimate of drug-likeness (QED) is 0.673. The predicted molar refractivity (Wildman–Crippen MR) is 55.6 cm³/mol. The minimum atomic E-state index is -0.484. The van der Waals surface area contributed by atoms with E-state index in [0.717, 1.165) is 4.90 Å². The molecule has 0 radical (unpaired) electrons. The average Bonchev–Trinajstić information content (AvgIpc) is 2.48. The van der Waals surface area contributed by atoms with Gasteiger partial charge in [0.1, 0.15) is 5.60 Å². The second-order valence-electron chi connectivity index (χ2n) is 3.81. The van der Waals surface area contributed by atoms with Crippen LogP contribution in [-0.4, -0.2) is 27.7 Å². The fourth-order valence-electron chi connectivity index (χ4n) is 0.820. The number of aromatic nitrogens is 2. The lowest BCUT2D eigenvalue weighted by Crippen LogP contribution is -2.27. The van der Waals surface area contributed by atoms with Crippen LogP contribution in [0.25, 0.3) is 0 Å². The Morgan fingerprint density at radius 1 is 1.57 bits per heavy atom. The van der Waals surface area contributed by atoms with Gasteiger partial charge in [0.15, 0.2) is 0 Å². The van der Waals surface area contributed by atoms with Crippen LogP contribution in [0.4, 0.5) is 4.79 Å². The second kappa shape index (κ2) is 4.04. The van der Waals surface area contributed by atoms with E-state index in [1.807, 2.05) is 27.0 Å². The fraction of sp³-hybridized carbons (Fsp3) is 0.556. The number of carbonyl (C=O) groups excluding carboxylic acids is 1. The molecule has 0 spiro atoms. The highest BCUT2D eigenvalue weighted by Gasteiger charge is 2.18. The Balaban J connectivity index is 2.70. The van der Waals surface area contributed by atoms with Crippen LogP contribution in [0.1, 0.15) is 20.8 Å². The Bertz CT molecular complexity index is 328. The highest BCUT2D eigenvalue weighted by molar-refractivity contribution is 7.98. The molecule has 0 aliphatic rings. The summed E-state index contributed by atoms with van der Waals surface area (Å²) in [5, 5.41) is 3.89. The van der Waals surface area contributed by atoms with Crippen LogP contribution in [0.3, 0.4) is 0 Å². The summed E-state index contributed by atoms with van der Waals surface area (Å²) in [5.74, 6) is 0. The Morgan fingerprint density at radius 3 is 2.64 bits per heavy atom. The van der Waals surface area contributed by atoms with Crippen molar-refractivity contribution in [2.75, 3.05) is 6.26 Å². The van der Waals surface area contributed by atoms with Crippen molar-refractivity contribution < 1.29 is 9.53 Å². The average molecular weight is 214 g/mol. The number of ether oxygens (including phenoxy) is 1. The van der Waals surface area contributed by atoms with Gasteiger partial charge in [-0.3, -0.25) is 0 Å². The van der Waals surface area contributed by atoms with Crippen molar-refractivity contribution in [1.29, 1.82) is 0 Å². The van der Waals surface area contributed by atoms with Crippen molar-refractivity contribution in [3.8, 4) is 0 Å². The Hall–Kier alpha value is -0.970. The Morgan fingerprint density at radius 2 is 2.21 bits per heavy atom. The third kappa shape index (κ3) is 3.06. The molecule has 0 amide bonds. The van der Waals surface area contributed by atoms with Gasteiger partial charge in [0.25, 0.3) is 0 Å². The number of nitrogens with zero attached hydrogens (tertiary/aromatic N) is 2. The standard InChI is InChI=1S/C9H14N2O2S/c1-9(2,3)13-8(12)11-6-7(14-4)5-10-11/h5-6H,1-4H3. The van der Waals surface area contributed by atoms with Crippen molar-refractivity contribution in [3.63, 3.8) is 0 Å². The van der Waals surface area contributed by atoms with Gasteiger partial charge in [-0.1, -0.05) is 0 Å². The van der Waals surface area contributed by atoms with Crippen LogP contribution < -0.4 is 0 Å². The molecule has 0 bridgehead atoms. The highest BCUT2D eigenvalue weighted by Crippen LogP contribution is 2.14. The second-order valence-corrected chi connectivity index (χ2v) is 4.68. The molecule has 1 heterocycles. The van der Waals surface area contributed by atoms with Gasteiger partial charge in [-0.25, -0.2) is 4.79 Å². The number of thioether (sulfide) groups is 1. The summed E-state index contributed by atoms with van der Waals surface area (Å²) in [7, 11) is 0. The number of rotatable bonds is 1. The van der Waals surface area contributed by atoms with Crippen molar-refractivity contribution in [1.82, 2.24) is 9.78 Å². The summed E-state index contributed by atoms with van der Waals surface area (Å²) in [5.41, 5.74) is -0.484. The molecule has 4 nitrogen and oxygen atoms in total. The van der Waals surface area contributed by atoms with Gasteiger partial charge in [0.05, 0.1) is 12.4 Å². The Labute approximate surface area is 87.6 Å². The maximum Gasteiger partial charge on any atom is 0.435 e. The van der Waals surface area contributed by atoms with E-state index in [-0.39, 0.29) is 0 Å². The van der Waals surface area contributed by atoms with Crippen molar-refractivity contribution in [3.05, 3.63) is 12.4 Å². The van der Waals surface area contributed by atoms with Crippen LogP contribution in [0, 0.1) is 0 Å². The molecule has 5 heteroatoms. The maximum atomic E-state index is 11.5. The summed E-state index contributed by atoms with van der Waals surface area (Å²) in [6, 6.07) is 0. The zero-order valence-corrected chi connectivity index (χ0v) is 9.59. The normalized spacial score (nSPS) is 11.4. The van der Waals surface area contributed by atoms with Gasteiger partial charge < -0.3 is 4.74 Å². The maximum absolute atomic E-state index is 11.5. The first-order valence-corrected chi connectivity index (χ1v) is 5.47. The predicted octanol–water partition coefficient (Wildman–Crippen LogP) is 2.39. The summed E-state index contributed by atoms with van der Waals surface area (Å²) >= 11 is 1.53. The van der Waals surface area contributed by atoms with E-state index >= 15 is 0 Å². The molecular weight excluding hydrogens is 200 g/mol. The van der Waals surface area contributed by atoms with E-state index in [4.69, 9.17) is 4.74 Å². The van der Waals surface area contributed by atoms with Gasteiger partial charge in [-0.2, -0.15) is 9.78 Å². The third-order valence-electron chi connectivity index (χ3n) is 1.38. The largest absolute Gasteiger partial charge is 0.442 e. The first-order valence-electron chi connectivity index (χ1n) is 4.24. The first-order chi connectivity index (χ1) is 6.42. The number of hydrogen-bond acceptors (Lipinski definition) is 4. The third-order valence-corrected chi connectivity index (χ3v) is 2.06. The zero-order chi connectivity index (χ0) is 10.8. The molecule has 0 saturated carbocycles. The molecule has 0 aliphatic carbocycles. The summed E-state index contributed by atoms with van der Waals surface area (Å²) < 4.78 is 6.34. The molecule has 0 N–H and O–H groups in total. The SMILES string of the molecule is CSc1cnn(C(=O)OC(C)(C)C)c1. The summed E-state index contributed by atoms with van der Waals surface area (Å²) in [6.45, 7) is 5.47. The molecule has 78 valence electrons. The number of carbonyl (C=O) groups is 1. The molecule has 0 aliphatic heterocycles. The lowest BCUT2D eigenvalue weighted by atomic mass is 10.2. The molecule has 1 rings (SSSR count). The summed E-state index contributed by atoms with van der Waals surface area (Å²) in [4.78, 5) is 12.4. The molecule has 1 aromatic rings. The zero-order valence-electron chi connectivity index (χ0n) is 8.77. The Kier molecular flexibility index (Phi) is 3.21. The van der Waals surface area contributed by atoms with Crippen LogP contribution in [-0.2, 0) is 4.74 Å². The van der Waals surface area contributed by atoms with Gasteiger partial charge in [-0.15, -0.1) is 11.8 Å². The van der Waals surface area contributed by atoms with Gasteiger partial charge >= 0.3 is 6.09 Å². The van der Waals surface area contributed by atoms with E-state index in [0.29, 0.717) is 0 Å². The molecule has 0 aromatic carbocycles. The van der Waals surface area contributed by atoms with Gasteiger partial charge in [-0.05, 0) is 27.0 Å². The molecule has 0 unspecified atom stereocenters. The van der Waals surface area contributed by atoms with Crippen molar-refractivity contribution in [2.24, 2.45) is 0 Å². The van der Waals surface area contributed by atoms with E-state index in [9.17, 15) is 4.79 Å². The first kappa shape index (κ1) is 11.1. The molecule has 0 saturated heterocycles. The summed E-state index contributed by atoms with van der Waals surface area (Å²) in [6.07, 6.45) is 4.77. The van der Waals surface area contributed by atoms with E-state index in [1.165, 1.54) is 16.4 Å². The van der Waals surface area contributed by atoms with Crippen LogP contribution in [0.15, 0.2) is 17.3 Å². The van der Waals surface area contributed by atoms with Crippen molar-refractivity contribution >= 4 is 17.9 Å². The minimum Gasteiger partial charge on any atom is -0.442 e. The topological polar surface area (TPSA) is 44.1 Å². The van der Waals surface area contributed by atoms with Crippen LogP contribution >= 0.6 is 11.8 Å². The molecule has 0 fully saturated rings. The fourth-order valence-corrected chi connectivity index (χ4v) is 1.18. The minimum absolute atomic E-state index is 0.446. The van der Waals surface area contributed by atoms with Crippen molar-refractivity contribution in [2.45, 2.75) is 31.3 Å².